The third-order valence-corrected chi connectivity index (χ3v) is 10.3. The van der Waals surface area contributed by atoms with Crippen molar-refractivity contribution in [2.75, 3.05) is 6.61 Å². The van der Waals surface area contributed by atoms with Crippen LogP contribution >= 0.6 is 0 Å². The lowest BCUT2D eigenvalue weighted by Gasteiger charge is -2.32. The number of carbonyl (C=O) groups is 1. The number of ether oxygens (including phenoxy) is 1. The summed E-state index contributed by atoms with van der Waals surface area (Å²) in [7, 11) is 0. The van der Waals surface area contributed by atoms with Crippen LogP contribution < -0.4 is 0 Å². The molecule has 0 radical (unpaired) electrons. The summed E-state index contributed by atoms with van der Waals surface area (Å²) in [6, 6.07) is 8.07. The predicted molar refractivity (Wildman–Crippen MR) is 200 cm³/mol. The van der Waals surface area contributed by atoms with Crippen molar-refractivity contribution in [1.29, 1.82) is 0 Å². The molecular weight excluding hydrogens is 580 g/mol. The zero-order valence-corrected chi connectivity index (χ0v) is 31.3. The van der Waals surface area contributed by atoms with Gasteiger partial charge in [0.1, 0.15) is 11.5 Å². The first-order chi connectivity index (χ1) is 22.6. The fourth-order valence-corrected chi connectivity index (χ4v) is 6.97. The fourth-order valence-electron chi connectivity index (χ4n) is 6.97. The van der Waals surface area contributed by atoms with E-state index in [1.54, 1.807) is 0 Å². The molecule has 0 saturated carbocycles. The summed E-state index contributed by atoms with van der Waals surface area (Å²) in [6.45, 7) is 12.6. The van der Waals surface area contributed by atoms with E-state index in [1.807, 2.05) is 52.0 Å². The summed E-state index contributed by atoms with van der Waals surface area (Å²) in [5, 5.41) is 20.8. The van der Waals surface area contributed by atoms with Crippen LogP contribution in [-0.2, 0) is 14.9 Å². The number of aryl methyl sites for hydroxylation is 4. The Morgan fingerprint density at radius 2 is 0.851 bits per heavy atom. The Labute approximate surface area is 289 Å². The molecule has 47 heavy (non-hydrogen) atoms. The van der Waals surface area contributed by atoms with E-state index in [1.165, 1.54) is 116 Å². The van der Waals surface area contributed by atoms with Gasteiger partial charge in [-0.15, -0.1) is 0 Å². The summed E-state index contributed by atoms with van der Waals surface area (Å²) in [5.74, 6) is 0.459. The Bertz CT molecular complexity index is 1060. The SMILES string of the molecule is CCCCCCCCCCCCCCCCCCCCCCOC(=O)CCC(C)(c1cc(C)c(O)c(C)c1)c1cc(C)c(O)c(C)c1. The molecule has 0 heterocycles. The molecule has 0 aliphatic heterocycles. The molecule has 0 aromatic heterocycles. The lowest BCUT2D eigenvalue weighted by molar-refractivity contribution is -0.144. The van der Waals surface area contributed by atoms with Crippen molar-refractivity contribution in [2.24, 2.45) is 0 Å². The second-order valence-electron chi connectivity index (χ2n) is 14.7. The Morgan fingerprint density at radius 1 is 0.553 bits per heavy atom. The van der Waals surface area contributed by atoms with Crippen molar-refractivity contribution >= 4 is 5.97 Å². The molecule has 0 saturated heterocycles. The summed E-state index contributed by atoms with van der Waals surface area (Å²) in [4.78, 5) is 12.8. The molecule has 4 heteroatoms. The molecule has 266 valence electrons. The molecule has 0 unspecified atom stereocenters. The van der Waals surface area contributed by atoms with Crippen LogP contribution in [0.5, 0.6) is 11.5 Å². The molecule has 0 bridgehead atoms. The fraction of sp³-hybridized carbons (Fsp3) is 0.698. The van der Waals surface area contributed by atoms with Gasteiger partial charge in [-0.05, 0) is 73.9 Å². The highest BCUT2D eigenvalue weighted by Gasteiger charge is 2.32. The van der Waals surface area contributed by atoms with Gasteiger partial charge < -0.3 is 14.9 Å². The number of benzene rings is 2. The third-order valence-electron chi connectivity index (χ3n) is 10.3. The van der Waals surface area contributed by atoms with Gasteiger partial charge in [0.15, 0.2) is 0 Å². The topological polar surface area (TPSA) is 66.8 Å². The van der Waals surface area contributed by atoms with E-state index in [9.17, 15) is 15.0 Å². The minimum absolute atomic E-state index is 0.159. The second-order valence-corrected chi connectivity index (χ2v) is 14.7. The van der Waals surface area contributed by atoms with Gasteiger partial charge in [0.25, 0.3) is 0 Å². The summed E-state index contributed by atoms with van der Waals surface area (Å²) in [6.07, 6.45) is 28.0. The quantitative estimate of drug-likeness (QED) is 0.0785. The highest BCUT2D eigenvalue weighted by atomic mass is 16.5. The molecular formula is C43H70O4. The molecule has 2 N–H and O–H groups in total. The van der Waals surface area contributed by atoms with Crippen molar-refractivity contribution < 1.29 is 19.7 Å². The molecule has 0 aliphatic carbocycles. The highest BCUT2D eigenvalue weighted by molar-refractivity contribution is 5.70. The van der Waals surface area contributed by atoms with Crippen molar-refractivity contribution in [3.05, 3.63) is 57.6 Å². The van der Waals surface area contributed by atoms with Gasteiger partial charge in [-0.1, -0.05) is 160 Å². The first-order valence-electron chi connectivity index (χ1n) is 19.4. The highest BCUT2D eigenvalue weighted by Crippen LogP contribution is 2.41. The lowest BCUT2D eigenvalue weighted by Crippen LogP contribution is -2.26. The van der Waals surface area contributed by atoms with E-state index in [0.717, 1.165) is 46.2 Å². The van der Waals surface area contributed by atoms with Crippen LogP contribution in [0.1, 0.15) is 188 Å². The number of hydrogen-bond acceptors (Lipinski definition) is 4. The average Bonchev–Trinajstić information content (AvgIpc) is 3.05. The molecule has 0 atom stereocenters. The first-order valence-corrected chi connectivity index (χ1v) is 19.4. The Morgan fingerprint density at radius 3 is 1.17 bits per heavy atom. The molecule has 0 spiro atoms. The van der Waals surface area contributed by atoms with Gasteiger partial charge in [0, 0.05) is 11.8 Å². The van der Waals surface area contributed by atoms with Crippen LogP contribution in [0.15, 0.2) is 24.3 Å². The second kappa shape index (κ2) is 23.0. The van der Waals surface area contributed by atoms with E-state index < -0.39 is 5.41 Å². The summed E-state index contributed by atoms with van der Waals surface area (Å²) < 4.78 is 5.66. The maximum Gasteiger partial charge on any atom is 0.305 e. The Kier molecular flexibility index (Phi) is 19.9. The van der Waals surface area contributed by atoms with Crippen LogP contribution in [0.3, 0.4) is 0 Å². The van der Waals surface area contributed by atoms with Crippen LogP contribution in [0.25, 0.3) is 0 Å². The summed E-state index contributed by atoms with van der Waals surface area (Å²) in [5.41, 5.74) is 4.91. The number of phenols is 2. The largest absolute Gasteiger partial charge is 0.507 e. The standard InChI is InChI=1S/C43H70O4/c1-7-8-9-10-11-12-13-14-15-16-17-18-19-20-21-22-23-24-25-26-29-47-40(44)27-28-43(6,38-30-34(2)41(45)35(3)31-38)39-32-36(4)42(46)37(5)33-39/h30-33,45-46H,7-29H2,1-6H3. The van der Waals surface area contributed by atoms with E-state index in [-0.39, 0.29) is 5.97 Å². The van der Waals surface area contributed by atoms with Gasteiger partial charge in [-0.3, -0.25) is 4.79 Å². The molecule has 2 aromatic rings. The first kappa shape index (κ1) is 40.7. The zero-order valence-electron chi connectivity index (χ0n) is 31.3. The van der Waals surface area contributed by atoms with Crippen molar-refractivity contribution in [3.8, 4) is 11.5 Å². The van der Waals surface area contributed by atoms with E-state index in [4.69, 9.17) is 4.74 Å². The van der Waals surface area contributed by atoms with E-state index in [2.05, 4.69) is 13.8 Å². The minimum Gasteiger partial charge on any atom is -0.507 e. The van der Waals surface area contributed by atoms with Gasteiger partial charge in [0.05, 0.1) is 6.61 Å². The zero-order chi connectivity index (χ0) is 34.5. The predicted octanol–water partition coefficient (Wildman–Crippen LogP) is 12.8. The van der Waals surface area contributed by atoms with Crippen LogP contribution in [0, 0.1) is 27.7 Å². The number of rotatable bonds is 26. The Balaban J connectivity index is 1.58. The average molecular weight is 651 g/mol. The molecule has 2 rings (SSSR count). The van der Waals surface area contributed by atoms with Gasteiger partial charge in [-0.25, -0.2) is 0 Å². The van der Waals surface area contributed by atoms with Gasteiger partial charge in [-0.2, -0.15) is 0 Å². The number of esters is 1. The van der Waals surface area contributed by atoms with Crippen LogP contribution in [0.4, 0.5) is 0 Å². The van der Waals surface area contributed by atoms with Gasteiger partial charge in [0.2, 0.25) is 0 Å². The lowest BCUT2D eigenvalue weighted by atomic mass is 9.71. The smallest absolute Gasteiger partial charge is 0.305 e. The third kappa shape index (κ3) is 15.1. The molecule has 4 nitrogen and oxygen atoms in total. The Hall–Kier alpha value is -2.49. The number of unbranched alkanes of at least 4 members (excludes halogenated alkanes) is 19. The van der Waals surface area contributed by atoms with E-state index >= 15 is 0 Å². The van der Waals surface area contributed by atoms with Gasteiger partial charge >= 0.3 is 5.97 Å². The van der Waals surface area contributed by atoms with Crippen molar-refractivity contribution in [3.63, 3.8) is 0 Å². The number of hydrogen-bond donors (Lipinski definition) is 2. The summed E-state index contributed by atoms with van der Waals surface area (Å²) >= 11 is 0. The number of phenolic OH excluding ortho intramolecular Hbond substituents is 2. The maximum absolute atomic E-state index is 12.8. The molecule has 2 aromatic carbocycles. The molecule has 0 fully saturated rings. The maximum atomic E-state index is 12.8. The van der Waals surface area contributed by atoms with Crippen LogP contribution in [0.2, 0.25) is 0 Å². The normalized spacial score (nSPS) is 11.7. The molecule has 0 aliphatic rings. The number of aromatic hydroxyl groups is 2. The van der Waals surface area contributed by atoms with Crippen molar-refractivity contribution in [1.82, 2.24) is 0 Å². The molecule has 0 amide bonds. The van der Waals surface area contributed by atoms with E-state index in [0.29, 0.717) is 30.9 Å². The number of carbonyl (C=O) groups excluding carboxylic acids is 1. The minimum atomic E-state index is -0.474. The van der Waals surface area contributed by atoms with Crippen molar-refractivity contribution in [2.45, 2.75) is 188 Å². The monoisotopic (exact) mass is 651 g/mol. The van der Waals surface area contributed by atoms with Crippen LogP contribution in [-0.4, -0.2) is 22.8 Å².